The van der Waals surface area contributed by atoms with Gasteiger partial charge < -0.3 is 20.3 Å². The summed E-state index contributed by atoms with van der Waals surface area (Å²) in [5.41, 5.74) is -1.10. The van der Waals surface area contributed by atoms with E-state index >= 15 is 0 Å². The molecule has 1 amide bonds. The summed E-state index contributed by atoms with van der Waals surface area (Å²) in [5, 5.41) is 20.1. The van der Waals surface area contributed by atoms with Crippen molar-refractivity contribution in [3.8, 4) is 0 Å². The maximum atomic E-state index is 11.6. The van der Waals surface area contributed by atoms with Gasteiger partial charge in [-0.25, -0.2) is 8.78 Å². The minimum Gasteiger partial charge on any atom is -0.394 e. The van der Waals surface area contributed by atoms with Gasteiger partial charge in [0.1, 0.15) is 6.61 Å². The zero-order valence-corrected chi connectivity index (χ0v) is 9.08. The van der Waals surface area contributed by atoms with Crippen molar-refractivity contribution in [3.05, 3.63) is 0 Å². The average molecular weight is 241 g/mol. The van der Waals surface area contributed by atoms with E-state index in [4.69, 9.17) is 10.2 Å². The molecule has 0 saturated carbocycles. The van der Waals surface area contributed by atoms with Crippen molar-refractivity contribution < 1.29 is 28.5 Å². The van der Waals surface area contributed by atoms with E-state index in [1.807, 2.05) is 0 Å². The first-order valence-electron chi connectivity index (χ1n) is 4.82. The Labute approximate surface area is 92.4 Å². The van der Waals surface area contributed by atoms with Crippen LogP contribution >= 0.6 is 0 Å². The Hall–Kier alpha value is -0.790. The molecule has 0 saturated heterocycles. The number of carbonyl (C=O) groups is 1. The first kappa shape index (κ1) is 15.2. The minimum atomic E-state index is -2.55. The summed E-state index contributed by atoms with van der Waals surface area (Å²) in [4.78, 5) is 11.2. The summed E-state index contributed by atoms with van der Waals surface area (Å²) in [5.74, 6) is -0.472. The second-order valence-electron chi connectivity index (χ2n) is 3.64. The van der Waals surface area contributed by atoms with Crippen LogP contribution in [0.25, 0.3) is 0 Å². The molecule has 0 bridgehead atoms. The van der Waals surface area contributed by atoms with Crippen LogP contribution < -0.4 is 5.32 Å². The van der Waals surface area contributed by atoms with Gasteiger partial charge in [0.05, 0.1) is 25.4 Å². The Morgan fingerprint density at radius 1 is 1.44 bits per heavy atom. The van der Waals surface area contributed by atoms with Crippen molar-refractivity contribution in [3.63, 3.8) is 0 Å². The van der Waals surface area contributed by atoms with Gasteiger partial charge in [-0.1, -0.05) is 0 Å². The molecular weight excluding hydrogens is 224 g/mol. The quantitative estimate of drug-likeness (QED) is 0.501. The number of amides is 1. The number of carbonyl (C=O) groups excluding carboxylic acids is 1. The fourth-order valence-corrected chi connectivity index (χ4v) is 0.865. The van der Waals surface area contributed by atoms with Gasteiger partial charge in [-0.3, -0.25) is 4.79 Å². The number of alkyl halides is 2. The molecule has 0 spiro atoms. The predicted octanol–water partition coefficient (Wildman–Crippen LogP) is -0.482. The van der Waals surface area contributed by atoms with Crippen molar-refractivity contribution in [1.82, 2.24) is 5.32 Å². The molecule has 0 unspecified atom stereocenters. The fourth-order valence-electron chi connectivity index (χ4n) is 0.865. The zero-order chi connectivity index (χ0) is 12.6. The lowest BCUT2D eigenvalue weighted by Gasteiger charge is -2.26. The monoisotopic (exact) mass is 241 g/mol. The number of rotatable bonds is 8. The van der Waals surface area contributed by atoms with Crippen molar-refractivity contribution in [2.45, 2.75) is 25.3 Å². The number of aliphatic hydroxyl groups is 2. The summed E-state index contributed by atoms with van der Waals surface area (Å²) < 4.78 is 27.8. The molecular formula is C9H17F2NO4. The largest absolute Gasteiger partial charge is 0.394 e. The van der Waals surface area contributed by atoms with Crippen LogP contribution in [0.3, 0.4) is 0 Å². The Bertz CT molecular complexity index is 210. The molecule has 0 aliphatic rings. The fraction of sp³-hybridized carbons (Fsp3) is 0.889. The number of hydrogen-bond acceptors (Lipinski definition) is 4. The standard InChI is InChI=1S/C9H17F2NO4/c1-9(5-13,6-14)12-8(15)2-3-16-4-7(10)11/h7,13-14H,2-6H2,1H3,(H,12,15). The number of halogens is 2. The smallest absolute Gasteiger partial charge is 0.261 e. The van der Waals surface area contributed by atoms with E-state index in [1.165, 1.54) is 6.92 Å². The van der Waals surface area contributed by atoms with Crippen LogP contribution in [0, 0.1) is 0 Å². The molecule has 0 aromatic rings. The first-order chi connectivity index (χ1) is 7.43. The molecule has 0 rings (SSSR count). The van der Waals surface area contributed by atoms with Gasteiger partial charge in [0.25, 0.3) is 6.43 Å². The average Bonchev–Trinajstić information content (AvgIpc) is 2.24. The van der Waals surface area contributed by atoms with Gasteiger partial charge in [-0.2, -0.15) is 0 Å². The SMILES string of the molecule is CC(CO)(CO)NC(=O)CCOCC(F)F. The Kier molecular flexibility index (Phi) is 7.11. The van der Waals surface area contributed by atoms with E-state index in [0.29, 0.717) is 0 Å². The highest BCUT2D eigenvalue weighted by molar-refractivity contribution is 5.76. The third-order valence-electron chi connectivity index (χ3n) is 1.86. The summed E-state index contributed by atoms with van der Waals surface area (Å²) in [6, 6.07) is 0. The van der Waals surface area contributed by atoms with Crippen LogP contribution in [0.4, 0.5) is 8.78 Å². The molecule has 0 atom stereocenters. The number of nitrogens with one attached hydrogen (secondary N) is 1. The molecule has 0 aliphatic carbocycles. The summed E-state index contributed by atoms with van der Waals surface area (Å²) in [6.45, 7) is -0.182. The Balaban J connectivity index is 3.73. The minimum absolute atomic E-state index is 0.0949. The van der Waals surface area contributed by atoms with Crippen LogP contribution in [-0.2, 0) is 9.53 Å². The highest BCUT2D eigenvalue weighted by atomic mass is 19.3. The highest BCUT2D eigenvalue weighted by Crippen LogP contribution is 2.01. The summed E-state index contributed by atoms with van der Waals surface area (Å²) >= 11 is 0. The van der Waals surface area contributed by atoms with Gasteiger partial charge in [-0.15, -0.1) is 0 Å². The molecule has 96 valence electrons. The highest BCUT2D eigenvalue weighted by Gasteiger charge is 2.24. The molecule has 3 N–H and O–H groups in total. The van der Waals surface area contributed by atoms with E-state index in [1.54, 1.807) is 0 Å². The van der Waals surface area contributed by atoms with E-state index in [0.717, 1.165) is 0 Å². The normalized spacial score (nSPS) is 11.9. The molecule has 7 heteroatoms. The van der Waals surface area contributed by atoms with Crippen molar-refractivity contribution >= 4 is 5.91 Å². The summed E-state index contributed by atoms with van der Waals surface area (Å²) in [7, 11) is 0. The predicted molar refractivity (Wildman–Crippen MR) is 52.2 cm³/mol. The zero-order valence-electron chi connectivity index (χ0n) is 9.08. The molecule has 0 radical (unpaired) electrons. The first-order valence-corrected chi connectivity index (χ1v) is 4.82. The third kappa shape index (κ3) is 6.65. The van der Waals surface area contributed by atoms with Gasteiger partial charge in [0.2, 0.25) is 5.91 Å². The maximum Gasteiger partial charge on any atom is 0.261 e. The van der Waals surface area contributed by atoms with Crippen LogP contribution in [0.15, 0.2) is 0 Å². The van der Waals surface area contributed by atoms with Crippen LogP contribution in [0.1, 0.15) is 13.3 Å². The van der Waals surface area contributed by atoms with Crippen molar-refractivity contribution in [1.29, 1.82) is 0 Å². The molecule has 0 aromatic carbocycles. The van der Waals surface area contributed by atoms with Crippen LogP contribution in [0.5, 0.6) is 0 Å². The van der Waals surface area contributed by atoms with E-state index in [-0.39, 0.29) is 13.0 Å². The van der Waals surface area contributed by atoms with Gasteiger partial charge in [0.15, 0.2) is 0 Å². The molecule has 0 aliphatic heterocycles. The molecule has 0 fully saturated rings. The lowest BCUT2D eigenvalue weighted by molar-refractivity contribution is -0.125. The number of ether oxygens (including phenoxy) is 1. The maximum absolute atomic E-state index is 11.6. The van der Waals surface area contributed by atoms with Crippen molar-refractivity contribution in [2.24, 2.45) is 0 Å². The Morgan fingerprint density at radius 2 is 2.00 bits per heavy atom. The number of aliphatic hydroxyl groups excluding tert-OH is 2. The Morgan fingerprint density at radius 3 is 2.44 bits per heavy atom. The third-order valence-corrected chi connectivity index (χ3v) is 1.86. The number of hydrogen-bond donors (Lipinski definition) is 3. The lowest BCUT2D eigenvalue weighted by Crippen LogP contribution is -2.51. The molecule has 16 heavy (non-hydrogen) atoms. The summed E-state index contributed by atoms with van der Waals surface area (Å²) in [6.07, 6.45) is -2.65. The molecule has 0 aromatic heterocycles. The molecule has 0 heterocycles. The lowest BCUT2D eigenvalue weighted by atomic mass is 10.1. The van der Waals surface area contributed by atoms with Gasteiger partial charge in [0, 0.05) is 6.42 Å². The van der Waals surface area contributed by atoms with E-state index < -0.39 is 37.7 Å². The van der Waals surface area contributed by atoms with Gasteiger partial charge >= 0.3 is 0 Å². The van der Waals surface area contributed by atoms with E-state index in [9.17, 15) is 13.6 Å². The second kappa shape index (κ2) is 7.48. The second-order valence-corrected chi connectivity index (χ2v) is 3.64. The van der Waals surface area contributed by atoms with Crippen LogP contribution in [0.2, 0.25) is 0 Å². The van der Waals surface area contributed by atoms with Crippen LogP contribution in [-0.4, -0.2) is 54.5 Å². The topological polar surface area (TPSA) is 78.8 Å². The van der Waals surface area contributed by atoms with Crippen molar-refractivity contribution in [2.75, 3.05) is 26.4 Å². The van der Waals surface area contributed by atoms with Gasteiger partial charge in [-0.05, 0) is 6.92 Å². The van der Waals surface area contributed by atoms with E-state index in [2.05, 4.69) is 10.1 Å². The molecule has 5 nitrogen and oxygen atoms in total.